The summed E-state index contributed by atoms with van der Waals surface area (Å²) in [5.74, 6) is 0. The van der Waals surface area contributed by atoms with Gasteiger partial charge in [0.15, 0.2) is 0 Å². The SMILES string of the molecule is N=N/N=N/n1cn[nH]c1=S. The number of aromatic amines is 1. The Morgan fingerprint density at radius 3 is 3.10 bits per heavy atom. The van der Waals surface area contributed by atoms with Crippen LogP contribution in [0.1, 0.15) is 0 Å². The minimum Gasteiger partial charge on any atom is -0.250 e. The number of hydrogen-bond donors (Lipinski definition) is 2. The Morgan fingerprint density at radius 2 is 2.60 bits per heavy atom. The normalized spacial score (nSPS) is 10.4. The smallest absolute Gasteiger partial charge is 0.217 e. The van der Waals surface area contributed by atoms with E-state index in [4.69, 9.17) is 5.53 Å². The molecular weight excluding hydrogens is 154 g/mol. The molecular formula is C2H3N7S. The van der Waals surface area contributed by atoms with Crippen molar-refractivity contribution in [2.45, 2.75) is 0 Å². The Bertz CT molecular complexity index is 293. The van der Waals surface area contributed by atoms with Gasteiger partial charge in [-0.05, 0) is 27.9 Å². The molecule has 7 nitrogen and oxygen atoms in total. The Hall–Kier alpha value is -1.44. The number of rotatable bonds is 2. The summed E-state index contributed by atoms with van der Waals surface area (Å²) in [6, 6.07) is 0. The lowest BCUT2D eigenvalue weighted by atomic mass is 11.2. The molecule has 0 saturated carbocycles. The van der Waals surface area contributed by atoms with Gasteiger partial charge in [0.2, 0.25) is 4.77 Å². The Labute approximate surface area is 60.2 Å². The predicted molar refractivity (Wildman–Crippen MR) is 32.8 cm³/mol. The van der Waals surface area contributed by atoms with Crippen LogP contribution in [0.2, 0.25) is 0 Å². The molecule has 0 aliphatic rings. The summed E-state index contributed by atoms with van der Waals surface area (Å²) in [6.07, 6.45) is 1.33. The van der Waals surface area contributed by atoms with E-state index < -0.39 is 0 Å². The van der Waals surface area contributed by atoms with Crippen LogP contribution in [0.25, 0.3) is 0 Å². The van der Waals surface area contributed by atoms with Crippen molar-refractivity contribution in [3.05, 3.63) is 11.1 Å². The molecule has 0 saturated heterocycles. The van der Waals surface area contributed by atoms with Crippen molar-refractivity contribution >= 4 is 12.2 Å². The molecule has 0 atom stereocenters. The van der Waals surface area contributed by atoms with Gasteiger partial charge in [-0.3, -0.25) is 5.10 Å². The molecule has 1 aromatic heterocycles. The van der Waals surface area contributed by atoms with Gasteiger partial charge in [0, 0.05) is 0 Å². The largest absolute Gasteiger partial charge is 0.250 e. The number of nitrogens with one attached hydrogen (secondary N) is 2. The van der Waals surface area contributed by atoms with Crippen molar-refractivity contribution in [1.82, 2.24) is 14.9 Å². The van der Waals surface area contributed by atoms with Crippen molar-refractivity contribution in [2.75, 3.05) is 0 Å². The number of H-pyrrole nitrogens is 1. The minimum atomic E-state index is 0.312. The average Bonchev–Trinajstić information content (AvgIpc) is 2.31. The zero-order valence-electron chi connectivity index (χ0n) is 4.72. The van der Waals surface area contributed by atoms with E-state index in [0.29, 0.717) is 4.77 Å². The quantitative estimate of drug-likeness (QED) is 0.382. The highest BCUT2D eigenvalue weighted by atomic mass is 32.1. The lowest BCUT2D eigenvalue weighted by Gasteiger charge is -1.80. The molecule has 52 valence electrons. The van der Waals surface area contributed by atoms with Crippen molar-refractivity contribution < 1.29 is 0 Å². The summed E-state index contributed by atoms with van der Waals surface area (Å²) in [4.78, 5) is 0. The van der Waals surface area contributed by atoms with Gasteiger partial charge in [0.25, 0.3) is 0 Å². The lowest BCUT2D eigenvalue weighted by Crippen LogP contribution is -1.81. The molecule has 0 radical (unpaired) electrons. The van der Waals surface area contributed by atoms with E-state index >= 15 is 0 Å². The first kappa shape index (κ1) is 6.68. The predicted octanol–water partition coefficient (Wildman–Crippen LogP) is 1.10. The van der Waals surface area contributed by atoms with Gasteiger partial charge in [-0.2, -0.15) is 15.3 Å². The summed E-state index contributed by atoms with van der Waals surface area (Å²) >= 11 is 4.69. The van der Waals surface area contributed by atoms with E-state index in [2.05, 4.69) is 38.1 Å². The van der Waals surface area contributed by atoms with Gasteiger partial charge in [-0.1, -0.05) is 0 Å². The minimum absolute atomic E-state index is 0.312. The Balaban J connectivity index is 2.95. The third kappa shape index (κ3) is 1.29. The maximum absolute atomic E-state index is 6.26. The molecule has 1 aromatic rings. The number of hydrogen-bond acceptors (Lipinski definition) is 4. The zero-order valence-corrected chi connectivity index (χ0v) is 5.54. The third-order valence-corrected chi connectivity index (χ3v) is 0.995. The molecule has 1 rings (SSSR count). The van der Waals surface area contributed by atoms with E-state index in [1.807, 2.05) is 0 Å². The molecule has 0 aromatic carbocycles. The highest BCUT2D eigenvalue weighted by Gasteiger charge is 1.86. The fourth-order valence-corrected chi connectivity index (χ4v) is 0.506. The molecule has 1 heterocycles. The van der Waals surface area contributed by atoms with Crippen molar-refractivity contribution in [2.24, 2.45) is 15.7 Å². The van der Waals surface area contributed by atoms with Gasteiger partial charge in [0.1, 0.15) is 6.33 Å². The fourth-order valence-electron chi connectivity index (χ4n) is 0.369. The van der Waals surface area contributed by atoms with Crippen molar-refractivity contribution in [1.29, 1.82) is 5.53 Å². The second kappa shape index (κ2) is 2.92. The van der Waals surface area contributed by atoms with Gasteiger partial charge >= 0.3 is 0 Å². The first-order valence-corrected chi connectivity index (χ1v) is 2.65. The standard InChI is InChI=1S/C2H3N7S/c3-6-7-8-9-1-4-5-2(9)10/h1,3H,(H,5,10)/b6-3?,8-7+. The van der Waals surface area contributed by atoms with Crippen LogP contribution >= 0.6 is 12.2 Å². The lowest BCUT2D eigenvalue weighted by molar-refractivity contribution is 0.726. The second-order valence-corrected chi connectivity index (χ2v) is 1.67. The summed E-state index contributed by atoms with van der Waals surface area (Å²) in [6.45, 7) is 0. The molecule has 8 heteroatoms. The molecule has 0 unspecified atom stereocenters. The van der Waals surface area contributed by atoms with E-state index in [9.17, 15) is 0 Å². The molecule has 10 heavy (non-hydrogen) atoms. The van der Waals surface area contributed by atoms with Crippen LogP contribution in [-0.4, -0.2) is 14.9 Å². The van der Waals surface area contributed by atoms with Crippen molar-refractivity contribution in [3.63, 3.8) is 0 Å². The van der Waals surface area contributed by atoms with E-state index in [1.54, 1.807) is 0 Å². The fraction of sp³-hybridized carbons (Fsp3) is 0. The zero-order chi connectivity index (χ0) is 7.40. The van der Waals surface area contributed by atoms with E-state index in [-0.39, 0.29) is 0 Å². The van der Waals surface area contributed by atoms with Crippen molar-refractivity contribution in [3.8, 4) is 0 Å². The molecule has 0 aliphatic carbocycles. The average molecular weight is 157 g/mol. The summed E-state index contributed by atoms with van der Waals surface area (Å²) in [5, 5.41) is 15.1. The van der Waals surface area contributed by atoms with E-state index in [1.165, 1.54) is 11.0 Å². The van der Waals surface area contributed by atoms with Crippen LogP contribution in [-0.2, 0) is 0 Å². The van der Waals surface area contributed by atoms with Gasteiger partial charge in [0.05, 0.1) is 0 Å². The molecule has 0 bridgehead atoms. The topological polar surface area (TPSA) is 94.5 Å². The summed E-state index contributed by atoms with van der Waals surface area (Å²) < 4.78 is 1.50. The monoisotopic (exact) mass is 157 g/mol. The highest BCUT2D eigenvalue weighted by Crippen LogP contribution is 1.86. The number of aromatic nitrogens is 3. The Kier molecular flexibility index (Phi) is 1.95. The van der Waals surface area contributed by atoms with Gasteiger partial charge in [-0.25, -0.2) is 0 Å². The Morgan fingerprint density at radius 1 is 1.80 bits per heavy atom. The van der Waals surface area contributed by atoms with E-state index in [0.717, 1.165) is 0 Å². The summed E-state index contributed by atoms with van der Waals surface area (Å²) in [5.41, 5.74) is 6.26. The van der Waals surface area contributed by atoms with Gasteiger partial charge in [-0.15, -0.1) is 0 Å². The molecule has 0 aliphatic heterocycles. The van der Waals surface area contributed by atoms with Gasteiger partial charge < -0.3 is 0 Å². The third-order valence-electron chi connectivity index (χ3n) is 0.716. The maximum Gasteiger partial charge on any atom is 0.217 e. The van der Waals surface area contributed by atoms with Crippen LogP contribution in [0.15, 0.2) is 22.0 Å². The highest BCUT2D eigenvalue weighted by molar-refractivity contribution is 7.71. The van der Waals surface area contributed by atoms with Crippen LogP contribution in [0.5, 0.6) is 0 Å². The second-order valence-electron chi connectivity index (χ2n) is 1.28. The molecule has 2 N–H and O–H groups in total. The number of nitrogens with zero attached hydrogens (tertiary/aromatic N) is 5. The van der Waals surface area contributed by atoms with Crippen LogP contribution in [0.3, 0.4) is 0 Å². The summed E-state index contributed by atoms with van der Waals surface area (Å²) in [7, 11) is 0. The molecule has 0 spiro atoms. The van der Waals surface area contributed by atoms with Crippen LogP contribution in [0.4, 0.5) is 0 Å². The molecule has 0 amide bonds. The van der Waals surface area contributed by atoms with Crippen LogP contribution < -0.4 is 0 Å². The first-order chi connectivity index (χ1) is 4.84. The maximum atomic E-state index is 6.26. The van der Waals surface area contributed by atoms with Crippen LogP contribution in [0, 0.1) is 10.3 Å². The molecule has 0 fully saturated rings. The first-order valence-electron chi connectivity index (χ1n) is 2.24.